The molecule has 6 nitrogen and oxygen atoms in total. The summed E-state index contributed by atoms with van der Waals surface area (Å²) in [6.45, 7) is 7.84. The third-order valence-electron chi connectivity index (χ3n) is 2.73. The van der Waals surface area contributed by atoms with Gasteiger partial charge in [0.05, 0.1) is 6.04 Å². The standard InChI is InChI=1S/C11H24N4O2/c1-4-9(11(12)14-17)13-8-7-10(16)15(5-2)6-3/h9,13,17H,4-8H2,1-3H3,(H2,12,14). The number of hydrogen-bond acceptors (Lipinski definition) is 4. The predicted octanol–water partition coefficient (Wildman–Crippen LogP) is 0.360. The fraction of sp³-hybridized carbons (Fsp3) is 0.818. The summed E-state index contributed by atoms with van der Waals surface area (Å²) in [5.41, 5.74) is 5.50. The fourth-order valence-electron chi connectivity index (χ4n) is 1.62. The van der Waals surface area contributed by atoms with Crippen LogP contribution in [-0.2, 0) is 4.79 Å². The smallest absolute Gasteiger partial charge is 0.223 e. The van der Waals surface area contributed by atoms with Gasteiger partial charge in [-0.1, -0.05) is 12.1 Å². The lowest BCUT2D eigenvalue weighted by atomic mass is 10.2. The summed E-state index contributed by atoms with van der Waals surface area (Å²) in [6.07, 6.45) is 1.15. The van der Waals surface area contributed by atoms with Crippen LogP contribution in [0, 0.1) is 0 Å². The monoisotopic (exact) mass is 244 g/mol. The van der Waals surface area contributed by atoms with Gasteiger partial charge in [0.2, 0.25) is 5.91 Å². The quantitative estimate of drug-likeness (QED) is 0.249. The molecular formula is C11H24N4O2. The number of carbonyl (C=O) groups is 1. The Morgan fingerprint density at radius 2 is 2.00 bits per heavy atom. The molecule has 0 fully saturated rings. The Balaban J connectivity index is 4.01. The first-order valence-corrected chi connectivity index (χ1v) is 6.09. The number of carbonyl (C=O) groups excluding carboxylic acids is 1. The van der Waals surface area contributed by atoms with Gasteiger partial charge >= 0.3 is 0 Å². The first-order chi connectivity index (χ1) is 8.10. The molecule has 0 saturated heterocycles. The molecule has 0 aliphatic carbocycles. The Bertz CT molecular complexity index is 252. The Morgan fingerprint density at radius 3 is 2.41 bits per heavy atom. The molecule has 0 rings (SSSR count). The summed E-state index contributed by atoms with van der Waals surface area (Å²) in [4.78, 5) is 13.5. The Labute approximate surface area is 103 Å². The van der Waals surface area contributed by atoms with E-state index in [1.807, 2.05) is 20.8 Å². The maximum absolute atomic E-state index is 11.7. The number of hydrogen-bond donors (Lipinski definition) is 3. The van der Waals surface area contributed by atoms with E-state index in [9.17, 15) is 4.79 Å². The van der Waals surface area contributed by atoms with E-state index in [1.165, 1.54) is 0 Å². The molecule has 17 heavy (non-hydrogen) atoms. The van der Waals surface area contributed by atoms with Crippen molar-refractivity contribution in [3.05, 3.63) is 0 Å². The van der Waals surface area contributed by atoms with Gasteiger partial charge < -0.3 is 21.2 Å². The first kappa shape index (κ1) is 15.7. The fourth-order valence-corrected chi connectivity index (χ4v) is 1.62. The molecule has 1 atom stereocenters. The number of oxime groups is 1. The molecule has 4 N–H and O–H groups in total. The van der Waals surface area contributed by atoms with Crippen molar-refractivity contribution in [1.29, 1.82) is 0 Å². The lowest BCUT2D eigenvalue weighted by Gasteiger charge is -2.20. The van der Waals surface area contributed by atoms with Gasteiger partial charge in [-0.2, -0.15) is 0 Å². The van der Waals surface area contributed by atoms with E-state index in [0.29, 0.717) is 13.0 Å². The molecule has 1 unspecified atom stereocenters. The van der Waals surface area contributed by atoms with Crippen molar-refractivity contribution >= 4 is 11.7 Å². The molecule has 1 amide bonds. The second-order valence-electron chi connectivity index (χ2n) is 3.76. The summed E-state index contributed by atoms with van der Waals surface area (Å²) in [6, 6.07) is -0.176. The lowest BCUT2D eigenvalue weighted by molar-refractivity contribution is -0.130. The van der Waals surface area contributed by atoms with Crippen molar-refractivity contribution in [2.24, 2.45) is 10.9 Å². The highest BCUT2D eigenvalue weighted by Crippen LogP contribution is 1.95. The average Bonchev–Trinajstić information content (AvgIpc) is 2.35. The van der Waals surface area contributed by atoms with Crippen LogP contribution < -0.4 is 11.1 Å². The van der Waals surface area contributed by atoms with Gasteiger partial charge in [0.25, 0.3) is 0 Å². The number of nitrogens with two attached hydrogens (primary N) is 1. The van der Waals surface area contributed by atoms with Crippen LogP contribution >= 0.6 is 0 Å². The van der Waals surface area contributed by atoms with Crippen LogP contribution in [0.3, 0.4) is 0 Å². The van der Waals surface area contributed by atoms with Gasteiger partial charge in [-0.25, -0.2) is 0 Å². The Hall–Kier alpha value is -1.30. The van der Waals surface area contributed by atoms with E-state index in [1.54, 1.807) is 4.90 Å². The van der Waals surface area contributed by atoms with Gasteiger partial charge in [-0.3, -0.25) is 4.79 Å². The molecule has 0 bridgehead atoms. The lowest BCUT2D eigenvalue weighted by Crippen LogP contribution is -2.42. The molecule has 0 radical (unpaired) electrons. The maximum Gasteiger partial charge on any atom is 0.223 e. The zero-order valence-corrected chi connectivity index (χ0v) is 10.9. The summed E-state index contributed by atoms with van der Waals surface area (Å²) < 4.78 is 0. The summed E-state index contributed by atoms with van der Waals surface area (Å²) >= 11 is 0. The van der Waals surface area contributed by atoms with Crippen LogP contribution in [0.5, 0.6) is 0 Å². The van der Waals surface area contributed by atoms with Gasteiger partial charge in [0.1, 0.15) is 0 Å². The zero-order chi connectivity index (χ0) is 13.3. The van der Waals surface area contributed by atoms with E-state index in [2.05, 4.69) is 10.5 Å². The van der Waals surface area contributed by atoms with Crippen LogP contribution in [0.2, 0.25) is 0 Å². The predicted molar refractivity (Wildman–Crippen MR) is 68.0 cm³/mol. The van der Waals surface area contributed by atoms with Gasteiger partial charge in [0.15, 0.2) is 5.84 Å². The van der Waals surface area contributed by atoms with Crippen LogP contribution in [0.4, 0.5) is 0 Å². The maximum atomic E-state index is 11.7. The molecule has 0 aromatic carbocycles. The number of nitrogens with zero attached hydrogens (tertiary/aromatic N) is 2. The van der Waals surface area contributed by atoms with Crippen LogP contribution in [-0.4, -0.2) is 47.5 Å². The normalized spacial score (nSPS) is 13.5. The van der Waals surface area contributed by atoms with Crippen LogP contribution in [0.15, 0.2) is 5.16 Å². The zero-order valence-electron chi connectivity index (χ0n) is 10.9. The molecule has 100 valence electrons. The Kier molecular flexibility index (Phi) is 8.13. The highest BCUT2D eigenvalue weighted by molar-refractivity contribution is 5.85. The molecule has 0 saturated carbocycles. The van der Waals surface area contributed by atoms with Crippen molar-refractivity contribution in [2.75, 3.05) is 19.6 Å². The van der Waals surface area contributed by atoms with Crippen molar-refractivity contribution in [1.82, 2.24) is 10.2 Å². The molecule has 0 aromatic heterocycles. The summed E-state index contributed by atoms with van der Waals surface area (Å²) in [5, 5.41) is 14.6. The highest BCUT2D eigenvalue weighted by atomic mass is 16.4. The molecule has 0 aromatic rings. The summed E-state index contributed by atoms with van der Waals surface area (Å²) in [5.74, 6) is 0.277. The molecular weight excluding hydrogens is 220 g/mol. The second-order valence-corrected chi connectivity index (χ2v) is 3.76. The van der Waals surface area contributed by atoms with Crippen molar-refractivity contribution in [3.63, 3.8) is 0 Å². The number of amidine groups is 1. The molecule has 0 aliphatic rings. The minimum atomic E-state index is -0.176. The van der Waals surface area contributed by atoms with Gasteiger partial charge in [-0.05, 0) is 20.3 Å². The van der Waals surface area contributed by atoms with Gasteiger partial charge in [-0.15, -0.1) is 0 Å². The number of amides is 1. The number of rotatable bonds is 8. The minimum Gasteiger partial charge on any atom is -0.409 e. The SMILES string of the molecule is CCC(NCCC(=O)N(CC)CC)C(N)=NO. The summed E-state index contributed by atoms with van der Waals surface area (Å²) in [7, 11) is 0. The molecule has 0 aliphatic heterocycles. The topological polar surface area (TPSA) is 91.0 Å². The highest BCUT2D eigenvalue weighted by Gasteiger charge is 2.13. The van der Waals surface area contributed by atoms with E-state index < -0.39 is 0 Å². The third kappa shape index (κ3) is 5.53. The average molecular weight is 244 g/mol. The second kappa shape index (κ2) is 8.81. The van der Waals surface area contributed by atoms with Gasteiger partial charge in [0, 0.05) is 26.1 Å². The van der Waals surface area contributed by atoms with Crippen LogP contribution in [0.25, 0.3) is 0 Å². The third-order valence-corrected chi connectivity index (χ3v) is 2.73. The van der Waals surface area contributed by atoms with E-state index in [0.717, 1.165) is 19.5 Å². The minimum absolute atomic E-state index is 0.122. The molecule has 0 spiro atoms. The van der Waals surface area contributed by atoms with Crippen molar-refractivity contribution in [2.45, 2.75) is 39.7 Å². The van der Waals surface area contributed by atoms with Crippen molar-refractivity contribution < 1.29 is 10.0 Å². The van der Waals surface area contributed by atoms with Crippen LogP contribution in [0.1, 0.15) is 33.6 Å². The largest absolute Gasteiger partial charge is 0.409 e. The molecule has 6 heteroatoms. The van der Waals surface area contributed by atoms with E-state index in [-0.39, 0.29) is 17.8 Å². The molecule has 0 heterocycles. The first-order valence-electron chi connectivity index (χ1n) is 6.09. The number of nitrogens with one attached hydrogen (secondary N) is 1. The van der Waals surface area contributed by atoms with E-state index >= 15 is 0 Å². The van der Waals surface area contributed by atoms with E-state index in [4.69, 9.17) is 10.9 Å². The van der Waals surface area contributed by atoms with Crippen molar-refractivity contribution in [3.8, 4) is 0 Å². The Morgan fingerprint density at radius 1 is 1.41 bits per heavy atom.